The fourth-order valence-electron chi connectivity index (χ4n) is 2.60. The Hall–Kier alpha value is -1.11. The summed E-state index contributed by atoms with van der Waals surface area (Å²) in [6.45, 7) is 14.0. The van der Waals surface area contributed by atoms with Gasteiger partial charge in [-0.3, -0.25) is 0 Å². The summed E-state index contributed by atoms with van der Waals surface area (Å²) in [5, 5.41) is 0. The quantitative estimate of drug-likeness (QED) is 0.623. The molecule has 0 radical (unpaired) electrons. The number of methoxy groups -OCH3 is 1. The SMILES string of the molecule is COCOc1c(B2OC(C)(C)C(C)(C)O2)cc(F)cc1C(C)(C)C. The summed E-state index contributed by atoms with van der Waals surface area (Å²) in [5.41, 5.74) is -0.0156. The summed E-state index contributed by atoms with van der Waals surface area (Å²) in [4.78, 5) is 0. The molecule has 1 fully saturated rings. The summed E-state index contributed by atoms with van der Waals surface area (Å²) in [6, 6.07) is 2.92. The Kier molecular flexibility index (Phi) is 5.06. The highest BCUT2D eigenvalue weighted by molar-refractivity contribution is 6.63. The van der Waals surface area contributed by atoms with Crippen molar-refractivity contribution >= 4 is 12.6 Å². The van der Waals surface area contributed by atoms with Crippen LogP contribution in [0.2, 0.25) is 0 Å². The lowest BCUT2D eigenvalue weighted by molar-refractivity contribution is 0.00578. The van der Waals surface area contributed by atoms with Gasteiger partial charge in [0, 0.05) is 18.1 Å². The lowest BCUT2D eigenvalue weighted by Gasteiger charge is -2.32. The predicted octanol–water partition coefficient (Wildman–Crippen LogP) is 3.41. The molecule has 0 unspecified atom stereocenters. The van der Waals surface area contributed by atoms with Gasteiger partial charge in [0.1, 0.15) is 11.6 Å². The Balaban J connectivity index is 2.55. The lowest BCUT2D eigenvalue weighted by Crippen LogP contribution is -2.41. The van der Waals surface area contributed by atoms with Gasteiger partial charge in [-0.2, -0.15) is 0 Å². The van der Waals surface area contributed by atoms with Crippen LogP contribution in [0, 0.1) is 5.82 Å². The van der Waals surface area contributed by atoms with E-state index in [1.54, 1.807) is 7.11 Å². The molecule has 0 amide bonds. The van der Waals surface area contributed by atoms with Gasteiger partial charge in [0.25, 0.3) is 0 Å². The molecule has 24 heavy (non-hydrogen) atoms. The van der Waals surface area contributed by atoms with Crippen LogP contribution in [0.3, 0.4) is 0 Å². The number of ether oxygens (including phenoxy) is 2. The molecule has 6 heteroatoms. The fraction of sp³-hybridized carbons (Fsp3) is 0.667. The van der Waals surface area contributed by atoms with Crippen LogP contribution in [-0.2, 0) is 19.5 Å². The van der Waals surface area contributed by atoms with E-state index in [2.05, 4.69) is 0 Å². The van der Waals surface area contributed by atoms with Crippen LogP contribution in [0.5, 0.6) is 5.75 Å². The Morgan fingerprint density at radius 1 is 1.08 bits per heavy atom. The normalized spacial score (nSPS) is 19.6. The molecule has 0 bridgehead atoms. The fourth-order valence-corrected chi connectivity index (χ4v) is 2.60. The summed E-state index contributed by atoms with van der Waals surface area (Å²) in [6.07, 6.45) is 0. The molecule has 4 nitrogen and oxygen atoms in total. The third-order valence-electron chi connectivity index (χ3n) is 4.72. The zero-order chi connectivity index (χ0) is 18.3. The van der Waals surface area contributed by atoms with Crippen molar-refractivity contribution in [3.05, 3.63) is 23.5 Å². The standard InChI is InChI=1S/C18H28BFO4/c1-16(2,3)13-9-12(20)10-14(15(13)22-11-21-8)19-23-17(4,5)18(6,7)24-19/h9-10H,11H2,1-8H3. The van der Waals surface area contributed by atoms with Crippen LogP contribution in [0.15, 0.2) is 12.1 Å². The smallest absolute Gasteiger partial charge is 0.468 e. The van der Waals surface area contributed by atoms with Crippen molar-refractivity contribution in [3.8, 4) is 5.75 Å². The molecule has 0 N–H and O–H groups in total. The zero-order valence-corrected chi connectivity index (χ0v) is 16.0. The number of halogens is 1. The van der Waals surface area contributed by atoms with E-state index in [0.29, 0.717) is 11.2 Å². The highest BCUT2D eigenvalue weighted by Crippen LogP contribution is 2.39. The van der Waals surface area contributed by atoms with Crippen LogP contribution in [-0.4, -0.2) is 32.2 Å². The maximum atomic E-state index is 14.3. The Labute approximate surface area is 144 Å². The van der Waals surface area contributed by atoms with Gasteiger partial charge in [0.2, 0.25) is 0 Å². The van der Waals surface area contributed by atoms with Gasteiger partial charge in [-0.15, -0.1) is 0 Å². The molecule has 0 spiro atoms. The van der Waals surface area contributed by atoms with E-state index >= 15 is 0 Å². The first-order valence-electron chi connectivity index (χ1n) is 8.20. The third kappa shape index (κ3) is 3.61. The minimum absolute atomic E-state index is 0.0707. The first-order valence-corrected chi connectivity index (χ1v) is 8.20. The van der Waals surface area contributed by atoms with E-state index in [9.17, 15) is 4.39 Å². The van der Waals surface area contributed by atoms with Crippen molar-refractivity contribution in [3.63, 3.8) is 0 Å². The van der Waals surface area contributed by atoms with Crippen LogP contribution in [0.25, 0.3) is 0 Å². The number of benzene rings is 1. The zero-order valence-electron chi connectivity index (χ0n) is 16.0. The van der Waals surface area contributed by atoms with Crippen molar-refractivity contribution < 1.29 is 23.2 Å². The molecule has 1 saturated heterocycles. The second-order valence-corrected chi connectivity index (χ2v) is 8.26. The molecule has 0 atom stereocenters. The summed E-state index contributed by atoms with van der Waals surface area (Å²) < 4.78 is 37.3. The lowest BCUT2D eigenvalue weighted by atomic mass is 9.74. The van der Waals surface area contributed by atoms with E-state index < -0.39 is 18.3 Å². The van der Waals surface area contributed by atoms with Crippen molar-refractivity contribution in [2.75, 3.05) is 13.9 Å². The van der Waals surface area contributed by atoms with E-state index in [4.69, 9.17) is 18.8 Å². The summed E-state index contributed by atoms with van der Waals surface area (Å²) in [5.74, 6) is 0.221. The average molecular weight is 338 g/mol. The molecule has 1 heterocycles. The van der Waals surface area contributed by atoms with Gasteiger partial charge in [0.05, 0.1) is 11.2 Å². The molecule has 0 aromatic heterocycles. The molecule has 1 aromatic carbocycles. The predicted molar refractivity (Wildman–Crippen MR) is 93.3 cm³/mol. The molecular weight excluding hydrogens is 310 g/mol. The van der Waals surface area contributed by atoms with E-state index in [0.717, 1.165) is 5.56 Å². The molecular formula is C18H28BFO4. The number of hydrogen-bond acceptors (Lipinski definition) is 4. The van der Waals surface area contributed by atoms with Crippen LogP contribution in [0.1, 0.15) is 54.0 Å². The van der Waals surface area contributed by atoms with Gasteiger partial charge in [-0.1, -0.05) is 20.8 Å². The van der Waals surface area contributed by atoms with Crippen molar-refractivity contribution in [2.45, 2.75) is 65.1 Å². The second kappa shape index (κ2) is 6.32. The maximum absolute atomic E-state index is 14.3. The molecule has 0 aliphatic carbocycles. The molecule has 0 saturated carbocycles. The van der Waals surface area contributed by atoms with Crippen LogP contribution in [0.4, 0.5) is 4.39 Å². The molecule has 1 aliphatic rings. The highest BCUT2D eigenvalue weighted by atomic mass is 19.1. The van der Waals surface area contributed by atoms with Gasteiger partial charge in [-0.25, -0.2) is 4.39 Å². The first-order chi connectivity index (χ1) is 10.9. The van der Waals surface area contributed by atoms with Crippen molar-refractivity contribution in [1.29, 1.82) is 0 Å². The largest absolute Gasteiger partial charge is 0.498 e. The third-order valence-corrected chi connectivity index (χ3v) is 4.72. The van der Waals surface area contributed by atoms with E-state index in [1.807, 2.05) is 48.5 Å². The first kappa shape index (κ1) is 19.2. The molecule has 134 valence electrons. The Morgan fingerprint density at radius 2 is 1.62 bits per heavy atom. The number of hydrogen-bond donors (Lipinski definition) is 0. The van der Waals surface area contributed by atoms with Crippen LogP contribution >= 0.6 is 0 Å². The second-order valence-electron chi connectivity index (χ2n) is 8.26. The Morgan fingerprint density at radius 3 is 2.08 bits per heavy atom. The maximum Gasteiger partial charge on any atom is 0.498 e. The van der Waals surface area contributed by atoms with Gasteiger partial charge in [-0.05, 0) is 45.2 Å². The summed E-state index contributed by atoms with van der Waals surface area (Å²) >= 11 is 0. The van der Waals surface area contributed by atoms with Crippen LogP contribution < -0.4 is 10.2 Å². The minimum Gasteiger partial charge on any atom is -0.468 e. The van der Waals surface area contributed by atoms with Gasteiger partial charge in [0.15, 0.2) is 6.79 Å². The van der Waals surface area contributed by atoms with Gasteiger partial charge >= 0.3 is 7.12 Å². The highest BCUT2D eigenvalue weighted by Gasteiger charge is 2.53. The molecule has 1 aromatic rings. The van der Waals surface area contributed by atoms with E-state index in [1.165, 1.54) is 12.1 Å². The van der Waals surface area contributed by atoms with Gasteiger partial charge < -0.3 is 18.8 Å². The van der Waals surface area contributed by atoms with E-state index in [-0.39, 0.29) is 18.0 Å². The van der Waals surface area contributed by atoms with Crippen molar-refractivity contribution in [1.82, 2.24) is 0 Å². The molecule has 2 rings (SSSR count). The molecule has 1 aliphatic heterocycles. The summed E-state index contributed by atoms with van der Waals surface area (Å²) in [7, 11) is 0.855. The topological polar surface area (TPSA) is 36.9 Å². The average Bonchev–Trinajstić information content (AvgIpc) is 2.64. The monoisotopic (exact) mass is 338 g/mol. The number of rotatable bonds is 4. The van der Waals surface area contributed by atoms with Crippen molar-refractivity contribution in [2.24, 2.45) is 0 Å². The Bertz CT molecular complexity index is 592. The minimum atomic E-state index is -0.696.